The van der Waals surface area contributed by atoms with Crippen molar-refractivity contribution in [1.29, 1.82) is 0 Å². The second-order valence-electron chi connectivity index (χ2n) is 6.98. The summed E-state index contributed by atoms with van der Waals surface area (Å²) in [5.41, 5.74) is 3.51. The molecule has 0 aliphatic carbocycles. The lowest BCUT2D eigenvalue weighted by Crippen LogP contribution is -2.29. The van der Waals surface area contributed by atoms with Gasteiger partial charge in [-0.3, -0.25) is 9.47 Å². The molecule has 0 atom stereocenters. The summed E-state index contributed by atoms with van der Waals surface area (Å²) in [5, 5.41) is 4.78. The average molecular weight is 369 g/mol. The molecule has 0 radical (unpaired) electrons. The number of ether oxygens (including phenoxy) is 1. The zero-order chi connectivity index (χ0) is 18.3. The van der Waals surface area contributed by atoms with Crippen LogP contribution < -0.4 is 10.6 Å². The van der Waals surface area contributed by atoms with E-state index in [0.717, 1.165) is 36.8 Å². The number of methoxy groups -OCH3 is 1. The van der Waals surface area contributed by atoms with Gasteiger partial charge in [0.1, 0.15) is 5.75 Å². The van der Waals surface area contributed by atoms with Gasteiger partial charge < -0.3 is 15.5 Å². The van der Waals surface area contributed by atoms with Crippen molar-refractivity contribution in [3.8, 4) is 5.75 Å². The zero-order valence-electron chi connectivity index (χ0n) is 15.1. The molecular weight excluding hydrogens is 346 g/mol. The van der Waals surface area contributed by atoms with E-state index in [1.54, 1.807) is 11.8 Å². The van der Waals surface area contributed by atoms with Gasteiger partial charge in [0.2, 0.25) is 0 Å². The Balaban J connectivity index is 1.74. The van der Waals surface area contributed by atoms with Gasteiger partial charge in [0.15, 0.2) is 5.78 Å². The van der Waals surface area contributed by atoms with Gasteiger partial charge in [0, 0.05) is 27.9 Å². The van der Waals surface area contributed by atoms with E-state index >= 15 is 0 Å². The molecule has 0 amide bonds. The molecule has 6 heteroatoms. The SMILES string of the molecule is COc1cscc1C(=O)c1ccc2c(c1)c(C1CCN(C)CC1)cn2N. The van der Waals surface area contributed by atoms with Crippen LogP contribution in [0.5, 0.6) is 5.75 Å². The fourth-order valence-corrected chi connectivity index (χ4v) is 4.61. The van der Waals surface area contributed by atoms with Crippen molar-refractivity contribution in [2.45, 2.75) is 18.8 Å². The predicted molar refractivity (Wildman–Crippen MR) is 106 cm³/mol. The Morgan fingerprint density at radius 2 is 2.04 bits per heavy atom. The van der Waals surface area contributed by atoms with Gasteiger partial charge in [-0.1, -0.05) is 0 Å². The molecule has 26 heavy (non-hydrogen) atoms. The van der Waals surface area contributed by atoms with Crippen LogP contribution in [0.2, 0.25) is 0 Å². The van der Waals surface area contributed by atoms with Gasteiger partial charge in [-0.15, -0.1) is 11.3 Å². The maximum absolute atomic E-state index is 13.0. The lowest BCUT2D eigenvalue weighted by molar-refractivity contribution is 0.103. The number of hydrogen-bond donors (Lipinski definition) is 1. The van der Waals surface area contributed by atoms with Crippen LogP contribution in [0.15, 0.2) is 35.2 Å². The number of piperidine rings is 1. The summed E-state index contributed by atoms with van der Waals surface area (Å²) in [7, 11) is 3.75. The fraction of sp³-hybridized carbons (Fsp3) is 0.350. The highest BCUT2D eigenvalue weighted by atomic mass is 32.1. The Kier molecular flexibility index (Phi) is 4.46. The summed E-state index contributed by atoms with van der Waals surface area (Å²) in [5.74, 6) is 7.29. The molecule has 1 aliphatic rings. The first-order valence-electron chi connectivity index (χ1n) is 8.82. The average Bonchev–Trinajstić information content (AvgIpc) is 3.26. The number of nitrogen functional groups attached to an aromatic ring is 1. The number of fused-ring (bicyclic) bond motifs is 1. The number of hydrogen-bond acceptors (Lipinski definition) is 5. The van der Waals surface area contributed by atoms with Gasteiger partial charge in [0.25, 0.3) is 0 Å². The molecule has 136 valence electrons. The minimum atomic E-state index is -0.0101. The van der Waals surface area contributed by atoms with Crippen molar-refractivity contribution in [2.24, 2.45) is 0 Å². The topological polar surface area (TPSA) is 60.5 Å². The van der Waals surface area contributed by atoms with E-state index in [1.807, 2.05) is 35.2 Å². The van der Waals surface area contributed by atoms with E-state index in [4.69, 9.17) is 10.6 Å². The molecular formula is C20H23N3O2S. The standard InChI is InChI=1S/C20H23N3O2S/c1-22-7-5-13(6-8-22)16-10-23(21)18-4-3-14(9-15(16)18)20(24)17-11-26-12-19(17)25-2/h3-4,9-13H,5-8,21H2,1-2H3. The third kappa shape index (κ3) is 2.89. The van der Waals surface area contributed by atoms with Crippen molar-refractivity contribution in [3.63, 3.8) is 0 Å². The van der Waals surface area contributed by atoms with Crippen molar-refractivity contribution in [1.82, 2.24) is 9.58 Å². The van der Waals surface area contributed by atoms with E-state index in [9.17, 15) is 4.79 Å². The number of carbonyl (C=O) groups excluding carboxylic acids is 1. The van der Waals surface area contributed by atoms with Gasteiger partial charge in [0.05, 0.1) is 18.2 Å². The number of ketones is 1. The number of benzene rings is 1. The normalized spacial score (nSPS) is 16.2. The molecule has 3 heterocycles. The molecule has 5 nitrogen and oxygen atoms in total. The van der Waals surface area contributed by atoms with Crippen LogP contribution in [0, 0.1) is 0 Å². The number of nitrogens with zero attached hydrogens (tertiary/aromatic N) is 2. The van der Waals surface area contributed by atoms with Gasteiger partial charge in [-0.2, -0.15) is 0 Å². The van der Waals surface area contributed by atoms with Crippen LogP contribution in [0.25, 0.3) is 10.9 Å². The van der Waals surface area contributed by atoms with Crippen LogP contribution in [0.4, 0.5) is 0 Å². The zero-order valence-corrected chi connectivity index (χ0v) is 15.9. The monoisotopic (exact) mass is 369 g/mol. The first-order valence-corrected chi connectivity index (χ1v) is 9.76. The summed E-state index contributed by atoms with van der Waals surface area (Å²) in [6.07, 6.45) is 4.26. The second kappa shape index (κ2) is 6.78. The number of carbonyl (C=O) groups is 1. The minimum absolute atomic E-state index is 0.0101. The van der Waals surface area contributed by atoms with E-state index in [0.29, 0.717) is 22.8 Å². The van der Waals surface area contributed by atoms with Crippen molar-refractivity contribution in [2.75, 3.05) is 33.1 Å². The molecule has 3 aromatic rings. The third-order valence-corrected chi connectivity index (χ3v) is 6.10. The maximum Gasteiger partial charge on any atom is 0.197 e. The Hall–Kier alpha value is -2.31. The van der Waals surface area contributed by atoms with E-state index < -0.39 is 0 Å². The van der Waals surface area contributed by atoms with Crippen LogP contribution in [0.3, 0.4) is 0 Å². The Morgan fingerprint density at radius 1 is 1.27 bits per heavy atom. The minimum Gasteiger partial charge on any atom is -0.495 e. The molecule has 1 saturated heterocycles. The highest BCUT2D eigenvalue weighted by Crippen LogP contribution is 2.35. The first-order chi connectivity index (χ1) is 12.6. The molecule has 1 aliphatic heterocycles. The highest BCUT2D eigenvalue weighted by Gasteiger charge is 2.23. The molecule has 0 bridgehead atoms. The summed E-state index contributed by atoms with van der Waals surface area (Å²) in [6.45, 7) is 2.18. The van der Waals surface area contributed by atoms with Crippen LogP contribution >= 0.6 is 11.3 Å². The number of nitrogens with two attached hydrogens (primary N) is 1. The second-order valence-corrected chi connectivity index (χ2v) is 7.73. The lowest BCUT2D eigenvalue weighted by atomic mass is 9.89. The molecule has 2 N–H and O–H groups in total. The maximum atomic E-state index is 13.0. The Labute approximate surface area is 156 Å². The summed E-state index contributed by atoms with van der Waals surface area (Å²) < 4.78 is 6.99. The van der Waals surface area contributed by atoms with Crippen molar-refractivity contribution in [3.05, 3.63) is 51.8 Å². The van der Waals surface area contributed by atoms with Crippen LogP contribution in [-0.2, 0) is 0 Å². The Bertz CT molecular complexity index is 951. The van der Waals surface area contributed by atoms with Gasteiger partial charge in [-0.25, -0.2) is 0 Å². The van der Waals surface area contributed by atoms with Gasteiger partial charge >= 0.3 is 0 Å². The molecule has 1 aromatic carbocycles. The number of aromatic nitrogens is 1. The van der Waals surface area contributed by atoms with Crippen LogP contribution in [0.1, 0.15) is 40.2 Å². The predicted octanol–water partition coefficient (Wildman–Crippen LogP) is 3.47. The first kappa shape index (κ1) is 17.1. The van der Waals surface area contributed by atoms with Crippen LogP contribution in [-0.4, -0.2) is 42.6 Å². The molecule has 0 spiro atoms. The summed E-state index contributed by atoms with van der Waals surface area (Å²) in [6, 6.07) is 5.79. The number of rotatable bonds is 4. The third-order valence-electron chi connectivity index (χ3n) is 5.38. The highest BCUT2D eigenvalue weighted by molar-refractivity contribution is 7.08. The molecule has 1 fully saturated rings. The van der Waals surface area contributed by atoms with E-state index in [-0.39, 0.29) is 5.78 Å². The van der Waals surface area contributed by atoms with E-state index in [2.05, 4.69) is 11.9 Å². The number of thiophene rings is 1. The lowest BCUT2D eigenvalue weighted by Gasteiger charge is -2.28. The number of likely N-dealkylation sites (tertiary alicyclic amines) is 1. The molecule has 2 aromatic heterocycles. The van der Waals surface area contributed by atoms with Crippen molar-refractivity contribution < 1.29 is 9.53 Å². The summed E-state index contributed by atoms with van der Waals surface area (Å²) >= 11 is 1.47. The van der Waals surface area contributed by atoms with Crippen molar-refractivity contribution >= 4 is 28.0 Å². The molecule has 0 saturated carbocycles. The van der Waals surface area contributed by atoms with E-state index in [1.165, 1.54) is 16.9 Å². The smallest absolute Gasteiger partial charge is 0.197 e. The fourth-order valence-electron chi connectivity index (χ4n) is 3.83. The van der Waals surface area contributed by atoms with Gasteiger partial charge in [-0.05, 0) is 62.7 Å². The molecule has 4 rings (SSSR count). The summed E-state index contributed by atoms with van der Waals surface area (Å²) in [4.78, 5) is 15.3. The quantitative estimate of drug-likeness (QED) is 0.565. The Morgan fingerprint density at radius 3 is 2.77 bits per heavy atom. The molecule has 0 unspecified atom stereocenters. The largest absolute Gasteiger partial charge is 0.495 e.